The van der Waals surface area contributed by atoms with Crippen LogP contribution in [0.4, 0.5) is 0 Å². The Morgan fingerprint density at radius 3 is 2.40 bits per heavy atom. The zero-order chi connectivity index (χ0) is 21.8. The van der Waals surface area contributed by atoms with Crippen molar-refractivity contribution in [3.8, 4) is 5.75 Å². The number of hydrogen-bond donors (Lipinski definition) is 2. The van der Waals surface area contributed by atoms with Crippen molar-refractivity contribution >= 4 is 17.5 Å². The van der Waals surface area contributed by atoms with Gasteiger partial charge in [-0.3, -0.25) is 4.98 Å². The monoisotopic (exact) mass is 411 g/mol. The summed E-state index contributed by atoms with van der Waals surface area (Å²) >= 11 is 0. The van der Waals surface area contributed by atoms with Crippen molar-refractivity contribution in [2.45, 2.75) is 13.5 Å². The van der Waals surface area contributed by atoms with Gasteiger partial charge in [0.15, 0.2) is 0 Å². The molecule has 1 aromatic carbocycles. The molecule has 2 N–H and O–H groups in total. The Morgan fingerprint density at radius 1 is 1.03 bits per heavy atom. The molecular formula is C22H25N3O5. The molecule has 1 heterocycles. The summed E-state index contributed by atoms with van der Waals surface area (Å²) in [6.07, 6.45) is 4.42. The molecule has 0 spiro atoms. The van der Waals surface area contributed by atoms with Crippen molar-refractivity contribution in [2.24, 2.45) is 0 Å². The largest absolute Gasteiger partial charge is 0.497 e. The molecule has 158 valence electrons. The predicted molar refractivity (Wildman–Crippen MR) is 112 cm³/mol. The lowest BCUT2D eigenvalue weighted by Gasteiger charge is -2.10. The number of hydrogen-bond acceptors (Lipinski definition) is 8. The van der Waals surface area contributed by atoms with Gasteiger partial charge in [0.2, 0.25) is 0 Å². The molecule has 2 aromatic rings. The molecule has 0 saturated heterocycles. The lowest BCUT2D eigenvalue weighted by molar-refractivity contribution is -0.137. The van der Waals surface area contributed by atoms with Gasteiger partial charge in [-0.25, -0.2) is 9.59 Å². The van der Waals surface area contributed by atoms with E-state index in [1.807, 2.05) is 24.3 Å². The lowest BCUT2D eigenvalue weighted by Crippen LogP contribution is -2.22. The van der Waals surface area contributed by atoms with Crippen LogP contribution in [0.2, 0.25) is 0 Å². The molecule has 30 heavy (non-hydrogen) atoms. The second-order valence-corrected chi connectivity index (χ2v) is 5.92. The normalized spacial score (nSPS) is 11.4. The van der Waals surface area contributed by atoms with E-state index in [4.69, 9.17) is 14.2 Å². The van der Waals surface area contributed by atoms with E-state index in [0.29, 0.717) is 12.2 Å². The summed E-state index contributed by atoms with van der Waals surface area (Å²) in [5.74, 6) is -0.394. The van der Waals surface area contributed by atoms with Gasteiger partial charge in [0.1, 0.15) is 17.0 Å². The Kier molecular flexibility index (Phi) is 8.92. The topological polar surface area (TPSA) is 98.8 Å². The van der Waals surface area contributed by atoms with Gasteiger partial charge in [-0.1, -0.05) is 18.2 Å². The number of ether oxygens (including phenoxy) is 3. The van der Waals surface area contributed by atoms with Gasteiger partial charge in [0.25, 0.3) is 0 Å². The second kappa shape index (κ2) is 11.9. The first-order valence-electron chi connectivity index (χ1n) is 9.29. The van der Waals surface area contributed by atoms with Crippen LogP contribution in [-0.2, 0) is 25.6 Å². The van der Waals surface area contributed by atoms with Gasteiger partial charge in [-0.05, 0) is 36.8 Å². The maximum absolute atomic E-state index is 12.3. The van der Waals surface area contributed by atoms with E-state index in [9.17, 15) is 9.59 Å². The zero-order valence-electron chi connectivity index (χ0n) is 17.2. The fourth-order valence-electron chi connectivity index (χ4n) is 2.40. The third kappa shape index (κ3) is 6.66. The summed E-state index contributed by atoms with van der Waals surface area (Å²) < 4.78 is 15.0. The zero-order valence-corrected chi connectivity index (χ0v) is 17.2. The van der Waals surface area contributed by atoms with Crippen LogP contribution in [0.3, 0.4) is 0 Å². The summed E-state index contributed by atoms with van der Waals surface area (Å²) in [4.78, 5) is 28.6. The Labute approximate surface area is 175 Å². The molecular weight excluding hydrogens is 386 g/mol. The third-order valence-electron chi connectivity index (χ3n) is 3.93. The van der Waals surface area contributed by atoms with Crippen molar-refractivity contribution in [3.05, 3.63) is 78.0 Å². The minimum absolute atomic E-state index is 0.115. The van der Waals surface area contributed by atoms with Gasteiger partial charge in [-0.15, -0.1) is 0 Å². The average Bonchev–Trinajstić information content (AvgIpc) is 2.78. The molecule has 0 radical (unpaired) electrons. The Bertz CT molecular complexity index is 893. The number of esters is 2. The van der Waals surface area contributed by atoms with Crippen LogP contribution in [0.15, 0.2) is 66.8 Å². The number of methoxy groups -OCH3 is 2. The molecule has 0 aliphatic rings. The highest BCUT2D eigenvalue weighted by molar-refractivity contribution is 6.15. The molecule has 0 unspecified atom stereocenters. The van der Waals surface area contributed by atoms with Crippen molar-refractivity contribution in [2.75, 3.05) is 20.8 Å². The number of benzene rings is 1. The van der Waals surface area contributed by atoms with Gasteiger partial charge >= 0.3 is 11.9 Å². The molecule has 2 rings (SSSR count). The van der Waals surface area contributed by atoms with Crippen molar-refractivity contribution in [1.29, 1.82) is 0 Å². The summed E-state index contributed by atoms with van der Waals surface area (Å²) in [6.45, 7) is 2.40. The highest BCUT2D eigenvalue weighted by atomic mass is 16.5. The standard InChI is InChI=1S/C22H25N3O5/c1-4-30-21(26)18(19-7-5-6-12-24-19)14-25-20(22(27)29-3)15-23-13-16-8-10-17(28-2)11-9-16/h5-12,14-15,23,25H,4,13H2,1-3H3/b18-14+,20-15+. The number of nitrogens with one attached hydrogen (secondary N) is 2. The maximum atomic E-state index is 12.3. The fourth-order valence-corrected chi connectivity index (χ4v) is 2.40. The molecule has 0 aliphatic carbocycles. The molecule has 0 bridgehead atoms. The van der Waals surface area contributed by atoms with Gasteiger partial charge in [-0.2, -0.15) is 0 Å². The number of pyridine rings is 1. The van der Waals surface area contributed by atoms with Gasteiger partial charge < -0.3 is 24.8 Å². The molecule has 0 fully saturated rings. The molecule has 0 amide bonds. The number of rotatable bonds is 10. The summed E-state index contributed by atoms with van der Waals surface area (Å²) in [6, 6.07) is 12.7. The van der Waals surface area contributed by atoms with Crippen LogP contribution >= 0.6 is 0 Å². The van der Waals surface area contributed by atoms with Crippen LogP contribution in [-0.4, -0.2) is 37.7 Å². The third-order valence-corrected chi connectivity index (χ3v) is 3.93. The molecule has 0 atom stereocenters. The van der Waals surface area contributed by atoms with Crippen LogP contribution in [0.5, 0.6) is 5.75 Å². The molecule has 8 nitrogen and oxygen atoms in total. The Hall–Kier alpha value is -3.81. The van der Waals surface area contributed by atoms with Crippen LogP contribution in [0.1, 0.15) is 18.2 Å². The SMILES string of the molecule is CCOC(=O)/C(=C/N/C(=C/NCc1ccc(OC)cc1)C(=O)OC)c1ccccn1. The number of nitrogens with zero attached hydrogens (tertiary/aromatic N) is 1. The molecule has 8 heteroatoms. The van der Waals surface area contributed by atoms with Crippen molar-refractivity contribution in [1.82, 2.24) is 15.6 Å². The first-order chi connectivity index (χ1) is 14.6. The first kappa shape index (κ1) is 22.5. The van der Waals surface area contributed by atoms with E-state index in [1.54, 1.807) is 38.4 Å². The number of carbonyl (C=O) groups excluding carboxylic acids is 2. The second-order valence-electron chi connectivity index (χ2n) is 5.92. The Balaban J connectivity index is 2.16. The highest BCUT2D eigenvalue weighted by Crippen LogP contribution is 2.13. The van der Waals surface area contributed by atoms with E-state index in [0.717, 1.165) is 11.3 Å². The number of aromatic nitrogens is 1. The maximum Gasteiger partial charge on any atom is 0.355 e. The van der Waals surface area contributed by atoms with E-state index in [1.165, 1.54) is 19.5 Å². The van der Waals surface area contributed by atoms with Crippen molar-refractivity contribution < 1.29 is 23.8 Å². The minimum Gasteiger partial charge on any atom is -0.497 e. The average molecular weight is 411 g/mol. The molecule has 1 aromatic heterocycles. The van der Waals surface area contributed by atoms with E-state index in [-0.39, 0.29) is 17.9 Å². The lowest BCUT2D eigenvalue weighted by atomic mass is 10.2. The smallest absolute Gasteiger partial charge is 0.355 e. The van der Waals surface area contributed by atoms with E-state index >= 15 is 0 Å². The quantitative estimate of drug-likeness (QED) is 0.454. The molecule has 0 aliphatic heterocycles. The van der Waals surface area contributed by atoms with Crippen molar-refractivity contribution in [3.63, 3.8) is 0 Å². The first-order valence-corrected chi connectivity index (χ1v) is 9.29. The Morgan fingerprint density at radius 2 is 1.80 bits per heavy atom. The minimum atomic E-state index is -0.599. The number of carbonyl (C=O) groups is 2. The fraction of sp³-hybridized carbons (Fsp3) is 0.227. The summed E-state index contributed by atoms with van der Waals surface area (Å²) in [5.41, 5.74) is 1.71. The molecule has 0 saturated carbocycles. The van der Waals surface area contributed by atoms with Crippen LogP contribution in [0.25, 0.3) is 5.57 Å². The highest BCUT2D eigenvalue weighted by Gasteiger charge is 2.16. The summed E-state index contributed by atoms with van der Waals surface area (Å²) in [7, 11) is 2.88. The van der Waals surface area contributed by atoms with Crippen LogP contribution < -0.4 is 15.4 Å². The van der Waals surface area contributed by atoms with Gasteiger partial charge in [0, 0.05) is 25.1 Å². The van der Waals surface area contributed by atoms with E-state index in [2.05, 4.69) is 15.6 Å². The van der Waals surface area contributed by atoms with E-state index < -0.39 is 11.9 Å². The van der Waals surface area contributed by atoms with Gasteiger partial charge in [0.05, 0.1) is 26.5 Å². The predicted octanol–water partition coefficient (Wildman–Crippen LogP) is 2.39. The summed E-state index contributed by atoms with van der Waals surface area (Å²) in [5, 5.41) is 5.86. The van der Waals surface area contributed by atoms with Crippen LogP contribution in [0, 0.1) is 0 Å².